The van der Waals surface area contributed by atoms with E-state index < -0.39 is 5.97 Å². The molecular formula is C14H15NO3. The molecule has 0 unspecified atom stereocenters. The minimum Gasteiger partial charge on any atom is -0.459 e. The molecule has 0 N–H and O–H groups in total. The first-order valence-corrected chi connectivity index (χ1v) is 5.69. The predicted octanol–water partition coefficient (Wildman–Crippen LogP) is 2.17. The molecule has 0 bridgehead atoms. The summed E-state index contributed by atoms with van der Waals surface area (Å²) >= 11 is 0. The average Bonchev–Trinajstić information content (AvgIpc) is 2.42. The van der Waals surface area contributed by atoms with Crippen LogP contribution in [0.5, 0.6) is 0 Å². The Hall–Kier alpha value is -2.12. The van der Waals surface area contributed by atoms with Crippen molar-refractivity contribution in [1.29, 1.82) is 5.26 Å². The first-order chi connectivity index (χ1) is 8.77. The average molecular weight is 245 g/mol. The van der Waals surface area contributed by atoms with Gasteiger partial charge in [0.15, 0.2) is 0 Å². The number of carbonyl (C=O) groups excluding carboxylic acids is 1. The van der Waals surface area contributed by atoms with E-state index in [1.165, 1.54) is 6.08 Å². The minimum absolute atomic E-state index is 0.0160. The van der Waals surface area contributed by atoms with Crippen LogP contribution in [0.15, 0.2) is 35.9 Å². The monoisotopic (exact) mass is 245 g/mol. The standard InChI is InChI=1S/C14H15NO3/c1-2-17-8-9-18-14(16)13(11-15)10-12-6-4-3-5-7-12/h3-7,10H,2,8-9H2,1H3. The molecule has 0 aliphatic rings. The van der Waals surface area contributed by atoms with Gasteiger partial charge < -0.3 is 9.47 Å². The Balaban J connectivity index is 2.58. The number of nitrogens with zero attached hydrogens (tertiary/aromatic N) is 1. The van der Waals surface area contributed by atoms with Crippen molar-refractivity contribution in [2.24, 2.45) is 0 Å². The maximum Gasteiger partial charge on any atom is 0.348 e. The molecule has 0 saturated carbocycles. The predicted molar refractivity (Wildman–Crippen MR) is 67.5 cm³/mol. The molecular weight excluding hydrogens is 230 g/mol. The van der Waals surface area contributed by atoms with Crippen LogP contribution in [0, 0.1) is 11.3 Å². The van der Waals surface area contributed by atoms with E-state index in [-0.39, 0.29) is 12.2 Å². The Bertz CT molecular complexity index is 446. The Labute approximate surface area is 106 Å². The van der Waals surface area contributed by atoms with Crippen molar-refractivity contribution in [2.75, 3.05) is 19.8 Å². The van der Waals surface area contributed by atoms with Crippen LogP contribution < -0.4 is 0 Å². The van der Waals surface area contributed by atoms with Crippen molar-refractivity contribution in [1.82, 2.24) is 0 Å². The van der Waals surface area contributed by atoms with E-state index in [1.807, 2.05) is 43.3 Å². The van der Waals surface area contributed by atoms with Crippen LogP contribution in [0.1, 0.15) is 12.5 Å². The molecule has 4 heteroatoms. The molecule has 0 saturated heterocycles. The molecule has 94 valence electrons. The topological polar surface area (TPSA) is 59.3 Å². The van der Waals surface area contributed by atoms with Crippen LogP contribution in [0.4, 0.5) is 0 Å². The molecule has 18 heavy (non-hydrogen) atoms. The van der Waals surface area contributed by atoms with Gasteiger partial charge in [-0.3, -0.25) is 0 Å². The minimum atomic E-state index is -0.624. The van der Waals surface area contributed by atoms with E-state index in [9.17, 15) is 4.79 Å². The molecule has 0 aliphatic carbocycles. The first-order valence-electron chi connectivity index (χ1n) is 5.69. The zero-order valence-corrected chi connectivity index (χ0v) is 10.3. The van der Waals surface area contributed by atoms with Gasteiger partial charge in [-0.15, -0.1) is 0 Å². The fourth-order valence-electron chi connectivity index (χ4n) is 1.27. The van der Waals surface area contributed by atoms with E-state index in [0.29, 0.717) is 13.2 Å². The Kier molecular flexibility index (Phi) is 6.23. The van der Waals surface area contributed by atoms with Crippen LogP contribution in [-0.2, 0) is 14.3 Å². The summed E-state index contributed by atoms with van der Waals surface area (Å²) in [6.07, 6.45) is 1.50. The molecule has 0 atom stereocenters. The molecule has 0 heterocycles. The number of esters is 1. The van der Waals surface area contributed by atoms with E-state index in [2.05, 4.69) is 0 Å². The lowest BCUT2D eigenvalue weighted by Crippen LogP contribution is -2.11. The van der Waals surface area contributed by atoms with Crippen LogP contribution in [0.3, 0.4) is 0 Å². The number of hydrogen-bond donors (Lipinski definition) is 0. The molecule has 0 aliphatic heterocycles. The van der Waals surface area contributed by atoms with Gasteiger partial charge in [0, 0.05) is 6.61 Å². The van der Waals surface area contributed by atoms with Crippen LogP contribution >= 0.6 is 0 Å². The summed E-state index contributed by atoms with van der Waals surface area (Å²) in [4.78, 5) is 11.6. The third kappa shape index (κ3) is 4.81. The third-order valence-electron chi connectivity index (χ3n) is 2.12. The van der Waals surface area contributed by atoms with Crippen molar-refractivity contribution in [3.63, 3.8) is 0 Å². The maximum atomic E-state index is 11.6. The molecule has 0 fully saturated rings. The van der Waals surface area contributed by atoms with E-state index in [4.69, 9.17) is 14.7 Å². The molecule has 1 rings (SSSR count). The van der Waals surface area contributed by atoms with Gasteiger partial charge >= 0.3 is 5.97 Å². The van der Waals surface area contributed by atoms with Crippen molar-refractivity contribution in [3.05, 3.63) is 41.5 Å². The second kappa shape index (κ2) is 8.04. The summed E-state index contributed by atoms with van der Waals surface area (Å²) in [5.41, 5.74) is 0.772. The van der Waals surface area contributed by atoms with Gasteiger partial charge in [0.2, 0.25) is 0 Å². The Morgan fingerprint density at radius 2 is 2.06 bits per heavy atom. The van der Waals surface area contributed by atoms with Crippen molar-refractivity contribution < 1.29 is 14.3 Å². The number of ether oxygens (including phenoxy) is 2. The SMILES string of the molecule is CCOCCOC(=O)C(C#N)=Cc1ccccc1. The third-order valence-corrected chi connectivity index (χ3v) is 2.12. The normalized spacial score (nSPS) is 10.8. The highest BCUT2D eigenvalue weighted by Gasteiger charge is 2.10. The lowest BCUT2D eigenvalue weighted by atomic mass is 10.1. The molecule has 0 amide bonds. The Morgan fingerprint density at radius 3 is 2.67 bits per heavy atom. The molecule has 1 aromatic rings. The highest BCUT2D eigenvalue weighted by Crippen LogP contribution is 2.07. The van der Waals surface area contributed by atoms with Gasteiger partial charge in [0.25, 0.3) is 0 Å². The van der Waals surface area contributed by atoms with Crippen molar-refractivity contribution in [2.45, 2.75) is 6.92 Å². The smallest absolute Gasteiger partial charge is 0.348 e. The molecule has 4 nitrogen and oxygen atoms in total. The summed E-state index contributed by atoms with van der Waals surface area (Å²) in [7, 11) is 0. The van der Waals surface area contributed by atoms with Crippen molar-refractivity contribution >= 4 is 12.0 Å². The van der Waals surface area contributed by atoms with Gasteiger partial charge in [-0.25, -0.2) is 4.79 Å². The number of carbonyl (C=O) groups is 1. The Morgan fingerprint density at radius 1 is 1.33 bits per heavy atom. The number of benzene rings is 1. The second-order valence-corrected chi connectivity index (χ2v) is 3.41. The summed E-state index contributed by atoms with van der Waals surface area (Å²) in [6, 6.07) is 11.0. The number of rotatable bonds is 6. The van der Waals surface area contributed by atoms with Crippen LogP contribution in [-0.4, -0.2) is 25.8 Å². The fraction of sp³-hybridized carbons (Fsp3) is 0.286. The highest BCUT2D eigenvalue weighted by molar-refractivity contribution is 5.97. The lowest BCUT2D eigenvalue weighted by Gasteiger charge is -2.03. The van der Waals surface area contributed by atoms with Gasteiger partial charge in [0.1, 0.15) is 18.2 Å². The molecule has 0 radical (unpaired) electrons. The quantitative estimate of drug-likeness (QED) is 0.333. The summed E-state index contributed by atoms with van der Waals surface area (Å²) in [6.45, 7) is 2.92. The van der Waals surface area contributed by atoms with Gasteiger partial charge in [-0.05, 0) is 18.6 Å². The largest absolute Gasteiger partial charge is 0.459 e. The lowest BCUT2D eigenvalue weighted by molar-refractivity contribution is -0.139. The molecule has 0 aromatic heterocycles. The van der Waals surface area contributed by atoms with Crippen molar-refractivity contribution in [3.8, 4) is 6.07 Å². The molecule has 0 spiro atoms. The van der Waals surface area contributed by atoms with Crippen LogP contribution in [0.25, 0.3) is 6.08 Å². The number of hydrogen-bond acceptors (Lipinski definition) is 4. The van der Waals surface area contributed by atoms with E-state index >= 15 is 0 Å². The summed E-state index contributed by atoms with van der Waals surface area (Å²) in [5.74, 6) is -0.624. The van der Waals surface area contributed by atoms with Gasteiger partial charge in [-0.1, -0.05) is 30.3 Å². The fourth-order valence-corrected chi connectivity index (χ4v) is 1.27. The second-order valence-electron chi connectivity index (χ2n) is 3.41. The van der Waals surface area contributed by atoms with E-state index in [0.717, 1.165) is 5.56 Å². The van der Waals surface area contributed by atoms with Gasteiger partial charge in [-0.2, -0.15) is 5.26 Å². The summed E-state index contributed by atoms with van der Waals surface area (Å²) < 4.78 is 9.95. The maximum absolute atomic E-state index is 11.6. The summed E-state index contributed by atoms with van der Waals surface area (Å²) in [5, 5.41) is 8.91. The zero-order valence-electron chi connectivity index (χ0n) is 10.3. The zero-order chi connectivity index (χ0) is 13.2. The molecule has 1 aromatic carbocycles. The first kappa shape index (κ1) is 13.9. The number of nitriles is 1. The van der Waals surface area contributed by atoms with Crippen LogP contribution in [0.2, 0.25) is 0 Å². The van der Waals surface area contributed by atoms with Gasteiger partial charge in [0.05, 0.1) is 6.61 Å². The highest BCUT2D eigenvalue weighted by atomic mass is 16.6. The van der Waals surface area contributed by atoms with E-state index in [1.54, 1.807) is 0 Å².